The van der Waals surface area contributed by atoms with Crippen LogP contribution in [0.15, 0.2) is 53.5 Å². The second-order valence-electron chi connectivity index (χ2n) is 6.01. The van der Waals surface area contributed by atoms with E-state index in [0.29, 0.717) is 5.56 Å². The topological polar surface area (TPSA) is 93.3 Å². The fourth-order valence-electron chi connectivity index (χ4n) is 2.46. The maximum atomic E-state index is 13.3. The van der Waals surface area contributed by atoms with Gasteiger partial charge in [0, 0.05) is 6.07 Å². The van der Waals surface area contributed by atoms with Crippen LogP contribution in [0.5, 0.6) is 17.2 Å². The van der Waals surface area contributed by atoms with E-state index in [9.17, 15) is 27.2 Å². The molecule has 1 aromatic heterocycles. The third kappa shape index (κ3) is 5.34. The van der Waals surface area contributed by atoms with Gasteiger partial charge >= 0.3 is 6.36 Å². The maximum Gasteiger partial charge on any atom is 0.573 e. The Hall–Kier alpha value is -3.89. The van der Waals surface area contributed by atoms with Crippen molar-refractivity contribution in [1.29, 1.82) is 0 Å². The van der Waals surface area contributed by atoms with E-state index >= 15 is 0 Å². The Bertz CT molecular complexity index is 1150. The monoisotopic (exact) mass is 423 g/mol. The number of ether oxygens (including phenoxy) is 2. The van der Waals surface area contributed by atoms with Crippen LogP contribution in [-0.2, 0) is 0 Å². The summed E-state index contributed by atoms with van der Waals surface area (Å²) >= 11 is 0. The van der Waals surface area contributed by atoms with Crippen LogP contribution < -0.4 is 20.3 Å². The summed E-state index contributed by atoms with van der Waals surface area (Å²) in [4.78, 5) is 24.0. The number of hydrogen-bond donors (Lipinski definition) is 2. The number of anilines is 1. The van der Waals surface area contributed by atoms with Gasteiger partial charge in [0.25, 0.3) is 11.5 Å². The van der Waals surface area contributed by atoms with Crippen molar-refractivity contribution in [3.63, 3.8) is 0 Å². The highest BCUT2D eigenvalue weighted by Gasteiger charge is 2.31. The predicted octanol–water partition coefficient (Wildman–Crippen LogP) is 4.16. The molecule has 0 bridgehead atoms. The molecular weight excluding hydrogens is 410 g/mol. The molecule has 0 aliphatic heterocycles. The zero-order chi connectivity index (χ0) is 21.9. The van der Waals surface area contributed by atoms with E-state index in [1.165, 1.54) is 12.1 Å². The molecule has 1 amide bonds. The molecule has 0 aliphatic rings. The largest absolute Gasteiger partial charge is 0.573 e. The van der Waals surface area contributed by atoms with Crippen molar-refractivity contribution in [3.8, 4) is 17.2 Å². The quantitative estimate of drug-likeness (QED) is 0.601. The summed E-state index contributed by atoms with van der Waals surface area (Å²) in [6.07, 6.45) is -3.83. The molecule has 0 fully saturated rings. The van der Waals surface area contributed by atoms with Crippen molar-refractivity contribution in [2.45, 2.75) is 13.3 Å². The van der Waals surface area contributed by atoms with E-state index in [0.717, 1.165) is 36.5 Å². The number of alkyl halides is 3. The van der Waals surface area contributed by atoms with E-state index in [-0.39, 0.29) is 22.7 Å². The molecule has 0 radical (unpaired) electrons. The molecule has 0 atom stereocenters. The van der Waals surface area contributed by atoms with Crippen LogP contribution in [-0.4, -0.2) is 22.5 Å². The van der Waals surface area contributed by atoms with Crippen LogP contribution in [0.25, 0.3) is 0 Å². The summed E-state index contributed by atoms with van der Waals surface area (Å²) in [5, 5.41) is 7.97. The van der Waals surface area contributed by atoms with Gasteiger partial charge < -0.3 is 14.8 Å². The number of halogens is 4. The van der Waals surface area contributed by atoms with E-state index in [4.69, 9.17) is 4.74 Å². The Labute approximate surface area is 166 Å². The number of H-pyrrole nitrogens is 1. The van der Waals surface area contributed by atoms with Crippen molar-refractivity contribution in [2.75, 3.05) is 5.32 Å². The molecule has 3 rings (SSSR count). The summed E-state index contributed by atoms with van der Waals surface area (Å²) in [7, 11) is 0. The molecule has 1 heterocycles. The first-order chi connectivity index (χ1) is 14.1. The highest BCUT2D eigenvalue weighted by atomic mass is 19.4. The van der Waals surface area contributed by atoms with Gasteiger partial charge in [-0.05, 0) is 48.9 Å². The van der Waals surface area contributed by atoms with Gasteiger partial charge in [-0.1, -0.05) is 0 Å². The normalized spacial score (nSPS) is 11.1. The van der Waals surface area contributed by atoms with E-state index in [1.54, 1.807) is 6.92 Å². The van der Waals surface area contributed by atoms with Crippen LogP contribution in [0.2, 0.25) is 0 Å². The second-order valence-corrected chi connectivity index (χ2v) is 6.01. The molecule has 0 unspecified atom stereocenters. The Morgan fingerprint density at radius 3 is 2.50 bits per heavy atom. The number of aryl methyl sites for hydroxylation is 1. The van der Waals surface area contributed by atoms with Gasteiger partial charge in [0.2, 0.25) is 0 Å². The van der Waals surface area contributed by atoms with Gasteiger partial charge in [-0.2, -0.15) is 5.10 Å². The SMILES string of the molecule is Cc1cc(F)ccc1Oc1ccc(OC(F)(F)F)cc1C(=O)Nc1cn[nH]c(=O)c1. The molecule has 3 aromatic rings. The molecule has 7 nitrogen and oxygen atoms in total. The lowest BCUT2D eigenvalue weighted by atomic mass is 10.1. The van der Waals surface area contributed by atoms with Gasteiger partial charge in [0.15, 0.2) is 0 Å². The Morgan fingerprint density at radius 1 is 1.10 bits per heavy atom. The minimum absolute atomic E-state index is 0.00908. The minimum Gasteiger partial charge on any atom is -0.456 e. The number of nitrogens with zero attached hydrogens (tertiary/aromatic N) is 1. The molecule has 11 heteroatoms. The summed E-state index contributed by atoms with van der Waals surface area (Å²) in [5.41, 5.74) is -0.508. The molecule has 0 saturated heterocycles. The number of aromatic amines is 1. The highest BCUT2D eigenvalue weighted by Crippen LogP contribution is 2.33. The fourth-order valence-corrected chi connectivity index (χ4v) is 2.46. The number of benzene rings is 2. The number of rotatable bonds is 5. The summed E-state index contributed by atoms with van der Waals surface area (Å²) in [6.45, 7) is 1.56. The first kappa shape index (κ1) is 20.8. The molecule has 0 spiro atoms. The lowest BCUT2D eigenvalue weighted by Crippen LogP contribution is -2.19. The molecule has 0 aliphatic carbocycles. The second kappa shape index (κ2) is 8.23. The zero-order valence-electron chi connectivity index (χ0n) is 15.2. The van der Waals surface area contributed by atoms with Gasteiger partial charge in [0.05, 0.1) is 17.4 Å². The number of aromatic nitrogens is 2. The predicted molar refractivity (Wildman–Crippen MR) is 97.1 cm³/mol. The van der Waals surface area contributed by atoms with E-state index < -0.39 is 29.4 Å². The number of carbonyl (C=O) groups excluding carboxylic acids is 1. The van der Waals surface area contributed by atoms with Crippen LogP contribution in [0.4, 0.5) is 23.2 Å². The van der Waals surface area contributed by atoms with Gasteiger partial charge in [0.1, 0.15) is 23.1 Å². The average Bonchev–Trinajstić information content (AvgIpc) is 2.64. The number of nitrogens with one attached hydrogen (secondary N) is 2. The summed E-state index contributed by atoms with van der Waals surface area (Å²) in [6, 6.07) is 7.57. The summed E-state index contributed by atoms with van der Waals surface area (Å²) < 4.78 is 60.5. The molecular formula is C19H13F4N3O4. The average molecular weight is 423 g/mol. The number of carbonyl (C=O) groups is 1. The fraction of sp³-hybridized carbons (Fsp3) is 0.105. The zero-order valence-corrected chi connectivity index (χ0v) is 15.2. The third-order valence-corrected chi connectivity index (χ3v) is 3.71. The Balaban J connectivity index is 1.98. The van der Waals surface area contributed by atoms with Crippen LogP contribution in [0.1, 0.15) is 15.9 Å². The van der Waals surface area contributed by atoms with Crippen LogP contribution in [0, 0.1) is 12.7 Å². The third-order valence-electron chi connectivity index (χ3n) is 3.71. The van der Waals surface area contributed by atoms with Gasteiger partial charge in [-0.15, -0.1) is 13.2 Å². The molecule has 0 saturated carbocycles. The van der Waals surface area contributed by atoms with Crippen molar-refractivity contribution in [2.24, 2.45) is 0 Å². The van der Waals surface area contributed by atoms with Crippen molar-refractivity contribution in [1.82, 2.24) is 10.2 Å². The maximum absolute atomic E-state index is 13.3. The van der Waals surface area contributed by atoms with Crippen LogP contribution >= 0.6 is 0 Å². The van der Waals surface area contributed by atoms with Crippen LogP contribution in [0.3, 0.4) is 0 Å². The van der Waals surface area contributed by atoms with E-state index in [2.05, 4.69) is 20.3 Å². The minimum atomic E-state index is -4.97. The lowest BCUT2D eigenvalue weighted by molar-refractivity contribution is -0.274. The lowest BCUT2D eigenvalue weighted by Gasteiger charge is -2.15. The smallest absolute Gasteiger partial charge is 0.456 e. The number of hydrogen-bond acceptors (Lipinski definition) is 5. The number of amides is 1. The van der Waals surface area contributed by atoms with Crippen molar-refractivity contribution in [3.05, 3.63) is 76.0 Å². The Morgan fingerprint density at radius 2 is 1.83 bits per heavy atom. The van der Waals surface area contributed by atoms with Gasteiger partial charge in [-0.25, -0.2) is 9.49 Å². The van der Waals surface area contributed by atoms with Crippen molar-refractivity contribution >= 4 is 11.6 Å². The molecule has 30 heavy (non-hydrogen) atoms. The molecule has 2 aromatic carbocycles. The standard InChI is InChI=1S/C19H13F4N3O4/c1-10-6-11(20)2-4-15(10)29-16-5-3-13(30-19(21,22)23)8-14(16)18(28)25-12-7-17(27)26-24-9-12/h2-9H,1H3,(H2,25,26,27,28). The highest BCUT2D eigenvalue weighted by molar-refractivity contribution is 6.06. The molecule has 156 valence electrons. The van der Waals surface area contributed by atoms with Crippen molar-refractivity contribution < 1.29 is 31.8 Å². The van der Waals surface area contributed by atoms with E-state index in [1.807, 2.05) is 0 Å². The molecule has 2 N–H and O–H groups in total. The first-order valence-electron chi connectivity index (χ1n) is 8.30. The summed E-state index contributed by atoms with van der Waals surface area (Å²) in [5.74, 6) is -1.97. The first-order valence-corrected chi connectivity index (χ1v) is 8.30. The van der Waals surface area contributed by atoms with Gasteiger partial charge in [-0.3, -0.25) is 9.59 Å². The Kier molecular flexibility index (Phi) is 5.72.